The lowest BCUT2D eigenvalue weighted by Crippen LogP contribution is -2.37. The number of hydrogen-bond acceptors (Lipinski definition) is 5. The first-order chi connectivity index (χ1) is 11.7. The Morgan fingerprint density at radius 2 is 2.38 bits per heavy atom. The molecule has 0 aromatic carbocycles. The van der Waals surface area contributed by atoms with Crippen molar-refractivity contribution >= 4 is 39.0 Å². The van der Waals surface area contributed by atoms with Gasteiger partial charge in [-0.05, 0) is 52.4 Å². The van der Waals surface area contributed by atoms with Gasteiger partial charge in [-0.25, -0.2) is 4.98 Å². The molecule has 0 saturated carbocycles. The van der Waals surface area contributed by atoms with Gasteiger partial charge in [-0.3, -0.25) is 9.69 Å². The highest BCUT2D eigenvalue weighted by Gasteiger charge is 2.21. The van der Waals surface area contributed by atoms with Gasteiger partial charge in [0, 0.05) is 35.2 Å². The van der Waals surface area contributed by atoms with Crippen LogP contribution in [0.15, 0.2) is 40.3 Å². The van der Waals surface area contributed by atoms with Crippen LogP contribution >= 0.6 is 27.3 Å². The Labute approximate surface area is 154 Å². The van der Waals surface area contributed by atoms with Gasteiger partial charge in [0.05, 0.1) is 12.6 Å². The van der Waals surface area contributed by atoms with Crippen molar-refractivity contribution in [3.8, 4) is 0 Å². The number of amides is 1. The second-order valence-corrected chi connectivity index (χ2v) is 7.74. The summed E-state index contributed by atoms with van der Waals surface area (Å²) in [6, 6.07) is 7.78. The van der Waals surface area contributed by atoms with E-state index in [2.05, 4.69) is 42.6 Å². The first-order valence-corrected chi connectivity index (χ1v) is 9.64. The van der Waals surface area contributed by atoms with E-state index in [4.69, 9.17) is 4.74 Å². The van der Waals surface area contributed by atoms with Crippen LogP contribution < -0.4 is 5.32 Å². The molecule has 1 aliphatic rings. The Balaban J connectivity index is 1.58. The molecule has 1 aliphatic heterocycles. The molecule has 2 aromatic heterocycles. The number of hydrogen-bond donors (Lipinski definition) is 1. The number of ether oxygens (including phenoxy) is 1. The summed E-state index contributed by atoms with van der Waals surface area (Å²) in [5.41, 5.74) is 0. The predicted molar refractivity (Wildman–Crippen MR) is 99.1 cm³/mol. The van der Waals surface area contributed by atoms with Crippen molar-refractivity contribution in [3.63, 3.8) is 0 Å². The predicted octanol–water partition coefficient (Wildman–Crippen LogP) is 3.53. The Morgan fingerprint density at radius 3 is 3.04 bits per heavy atom. The van der Waals surface area contributed by atoms with Crippen LogP contribution in [0.2, 0.25) is 0 Å². The van der Waals surface area contributed by atoms with Crippen molar-refractivity contribution in [1.29, 1.82) is 0 Å². The first-order valence-electron chi connectivity index (χ1n) is 7.97. The molecular formula is C17H20BrN3O2S. The number of carbonyl (C=O) groups is 1. The topological polar surface area (TPSA) is 54.5 Å². The molecular weight excluding hydrogens is 390 g/mol. The van der Waals surface area contributed by atoms with E-state index in [1.54, 1.807) is 23.6 Å². The molecule has 3 heterocycles. The summed E-state index contributed by atoms with van der Waals surface area (Å²) >= 11 is 5.05. The number of nitrogens with zero attached hydrogens (tertiary/aromatic N) is 2. The Kier molecular flexibility index (Phi) is 6.37. The molecule has 1 amide bonds. The van der Waals surface area contributed by atoms with Crippen molar-refractivity contribution in [3.05, 3.63) is 45.2 Å². The van der Waals surface area contributed by atoms with Gasteiger partial charge < -0.3 is 10.1 Å². The summed E-state index contributed by atoms with van der Waals surface area (Å²) in [6.45, 7) is 2.69. The Hall–Kier alpha value is -1.28. The normalized spacial score (nSPS) is 17.3. The molecule has 2 aromatic rings. The second kappa shape index (κ2) is 8.71. The van der Waals surface area contributed by atoms with Gasteiger partial charge in [0.1, 0.15) is 5.82 Å². The molecule has 1 N–H and O–H groups in total. The van der Waals surface area contributed by atoms with Gasteiger partial charge in [-0.15, -0.1) is 11.3 Å². The smallest absolute Gasteiger partial charge is 0.239 e. The minimum absolute atomic E-state index is 0.0561. The van der Waals surface area contributed by atoms with Crippen LogP contribution in [-0.4, -0.2) is 41.6 Å². The fraction of sp³-hybridized carbons (Fsp3) is 0.412. The standard InChI is InChI=1S/C17H20BrN3O2S/c18-13-5-6-16(19-9-13)20-17(22)12-21(10-14-3-1-7-23-14)11-15-4-2-8-24-15/h2,4-6,8-9,14H,1,3,7,10-12H2,(H,19,20,22). The first kappa shape index (κ1) is 17.5. The van der Waals surface area contributed by atoms with Gasteiger partial charge in [-0.1, -0.05) is 6.07 Å². The number of carbonyl (C=O) groups excluding carboxylic acids is 1. The van der Waals surface area contributed by atoms with E-state index < -0.39 is 0 Å². The molecule has 5 nitrogen and oxygen atoms in total. The van der Waals surface area contributed by atoms with Crippen LogP contribution in [0.5, 0.6) is 0 Å². The average Bonchev–Trinajstić information content (AvgIpc) is 3.23. The molecule has 3 rings (SSSR count). The maximum atomic E-state index is 12.4. The number of rotatable bonds is 7. The minimum atomic E-state index is -0.0561. The lowest BCUT2D eigenvalue weighted by atomic mass is 10.2. The molecule has 1 atom stereocenters. The van der Waals surface area contributed by atoms with Crippen LogP contribution in [0.25, 0.3) is 0 Å². The average molecular weight is 410 g/mol. The van der Waals surface area contributed by atoms with Crippen molar-refractivity contribution < 1.29 is 9.53 Å². The van der Waals surface area contributed by atoms with E-state index in [9.17, 15) is 4.79 Å². The monoisotopic (exact) mass is 409 g/mol. The highest BCUT2D eigenvalue weighted by Crippen LogP contribution is 2.17. The molecule has 0 aliphatic carbocycles. The third-order valence-corrected chi connectivity index (χ3v) is 5.14. The molecule has 0 spiro atoms. The lowest BCUT2D eigenvalue weighted by molar-refractivity contribution is -0.117. The van der Waals surface area contributed by atoms with Crippen LogP contribution in [0.3, 0.4) is 0 Å². The zero-order valence-corrected chi connectivity index (χ0v) is 15.7. The van der Waals surface area contributed by atoms with Crippen LogP contribution in [-0.2, 0) is 16.1 Å². The second-order valence-electron chi connectivity index (χ2n) is 5.79. The van der Waals surface area contributed by atoms with E-state index in [-0.39, 0.29) is 12.0 Å². The molecule has 7 heteroatoms. The third-order valence-electron chi connectivity index (χ3n) is 3.81. The Bertz CT molecular complexity index is 642. The molecule has 1 saturated heterocycles. The molecule has 1 fully saturated rings. The zero-order chi connectivity index (χ0) is 16.8. The van der Waals surface area contributed by atoms with Gasteiger partial charge >= 0.3 is 0 Å². The van der Waals surface area contributed by atoms with Gasteiger partial charge in [0.15, 0.2) is 0 Å². The number of halogens is 1. The van der Waals surface area contributed by atoms with Crippen LogP contribution in [0.1, 0.15) is 17.7 Å². The summed E-state index contributed by atoms with van der Waals surface area (Å²) in [4.78, 5) is 20.0. The maximum Gasteiger partial charge on any atom is 0.239 e. The molecule has 24 heavy (non-hydrogen) atoms. The minimum Gasteiger partial charge on any atom is -0.377 e. The SMILES string of the molecule is O=C(CN(Cc1cccs1)CC1CCCO1)Nc1ccc(Br)cn1. The van der Waals surface area contributed by atoms with E-state index in [1.165, 1.54) is 4.88 Å². The quantitative estimate of drug-likeness (QED) is 0.759. The zero-order valence-electron chi connectivity index (χ0n) is 13.3. The van der Waals surface area contributed by atoms with E-state index >= 15 is 0 Å². The number of anilines is 1. The van der Waals surface area contributed by atoms with Crippen molar-refractivity contribution in [2.45, 2.75) is 25.5 Å². The van der Waals surface area contributed by atoms with Gasteiger partial charge in [-0.2, -0.15) is 0 Å². The molecule has 1 unspecified atom stereocenters. The van der Waals surface area contributed by atoms with Gasteiger partial charge in [0.25, 0.3) is 0 Å². The van der Waals surface area contributed by atoms with Crippen molar-refractivity contribution in [2.24, 2.45) is 0 Å². The number of thiophene rings is 1. The Morgan fingerprint density at radius 1 is 1.46 bits per heavy atom. The summed E-state index contributed by atoms with van der Waals surface area (Å²) < 4.78 is 6.62. The molecule has 128 valence electrons. The largest absolute Gasteiger partial charge is 0.377 e. The number of aromatic nitrogens is 1. The van der Waals surface area contributed by atoms with Gasteiger partial charge in [0.2, 0.25) is 5.91 Å². The van der Waals surface area contributed by atoms with Crippen LogP contribution in [0, 0.1) is 0 Å². The number of nitrogens with one attached hydrogen (secondary N) is 1. The van der Waals surface area contributed by atoms with E-state index in [0.29, 0.717) is 12.4 Å². The summed E-state index contributed by atoms with van der Waals surface area (Å²) in [5, 5.41) is 4.92. The maximum absolute atomic E-state index is 12.4. The molecule has 0 bridgehead atoms. The highest BCUT2D eigenvalue weighted by molar-refractivity contribution is 9.10. The molecule has 0 radical (unpaired) electrons. The van der Waals surface area contributed by atoms with Crippen molar-refractivity contribution in [2.75, 3.05) is 25.0 Å². The summed E-state index contributed by atoms with van der Waals surface area (Å²) in [5.74, 6) is 0.510. The lowest BCUT2D eigenvalue weighted by Gasteiger charge is -2.24. The fourth-order valence-corrected chi connectivity index (χ4v) is 3.70. The van der Waals surface area contributed by atoms with E-state index in [0.717, 1.165) is 37.0 Å². The highest BCUT2D eigenvalue weighted by atomic mass is 79.9. The van der Waals surface area contributed by atoms with Crippen molar-refractivity contribution in [1.82, 2.24) is 9.88 Å². The fourth-order valence-electron chi connectivity index (χ4n) is 2.72. The summed E-state index contributed by atoms with van der Waals surface area (Å²) in [6.07, 6.45) is 4.07. The van der Waals surface area contributed by atoms with Crippen LogP contribution in [0.4, 0.5) is 5.82 Å². The summed E-state index contributed by atoms with van der Waals surface area (Å²) in [7, 11) is 0. The number of pyridine rings is 1. The third kappa shape index (κ3) is 5.37. The van der Waals surface area contributed by atoms with E-state index in [1.807, 2.05) is 12.1 Å².